The highest BCUT2D eigenvalue weighted by molar-refractivity contribution is 6.08. The molecule has 0 saturated carbocycles. The molecule has 0 aromatic carbocycles. The van der Waals surface area contributed by atoms with Gasteiger partial charge < -0.3 is 10.2 Å². The van der Waals surface area contributed by atoms with Gasteiger partial charge in [0.25, 0.3) is 0 Å². The first-order valence-electron chi connectivity index (χ1n) is 5.46. The van der Waals surface area contributed by atoms with Crippen LogP contribution in [0.1, 0.15) is 27.2 Å². The predicted octanol–water partition coefficient (Wildman–Crippen LogP) is -0.147. The van der Waals surface area contributed by atoms with E-state index in [0.29, 0.717) is 4.90 Å². The number of nitrogens with zero attached hydrogens (tertiary/aromatic N) is 1. The van der Waals surface area contributed by atoms with Crippen molar-refractivity contribution in [1.29, 1.82) is 0 Å². The highest BCUT2D eigenvalue weighted by Gasteiger charge is 2.53. The minimum atomic E-state index is -1.48. The van der Waals surface area contributed by atoms with E-state index in [1.165, 1.54) is 0 Å². The Labute approximate surface area is 99.2 Å². The molecule has 2 unspecified atom stereocenters. The molecule has 1 fully saturated rings. The number of aliphatic carboxylic acids is 1. The number of carbonyl (C=O) groups is 3. The molecule has 0 aliphatic carbocycles. The molecular formula is C11H17NO5. The zero-order chi connectivity index (χ0) is 13.4. The zero-order valence-electron chi connectivity index (χ0n) is 10.1. The van der Waals surface area contributed by atoms with Gasteiger partial charge in [-0.15, -0.1) is 0 Å². The van der Waals surface area contributed by atoms with Crippen molar-refractivity contribution in [2.75, 3.05) is 6.61 Å². The van der Waals surface area contributed by atoms with E-state index in [1.807, 2.05) is 13.8 Å². The standard InChI is InChI=1S/C11H17NO5/c1-6(2)11(3)4-8(14)12(10(11)17)7(5-13)9(15)16/h6-7,13H,4-5H2,1-3H3,(H,15,16). The molecule has 2 atom stereocenters. The van der Waals surface area contributed by atoms with Crippen LogP contribution in [0.4, 0.5) is 0 Å². The Balaban J connectivity index is 3.09. The average molecular weight is 243 g/mol. The molecular weight excluding hydrogens is 226 g/mol. The van der Waals surface area contributed by atoms with Gasteiger partial charge in [0, 0.05) is 6.42 Å². The summed E-state index contributed by atoms with van der Waals surface area (Å²) in [5.74, 6) is -2.49. The maximum Gasteiger partial charge on any atom is 0.329 e. The molecule has 0 spiro atoms. The first-order valence-corrected chi connectivity index (χ1v) is 5.46. The summed E-state index contributed by atoms with van der Waals surface area (Å²) in [7, 11) is 0. The third-order valence-corrected chi connectivity index (χ3v) is 3.54. The lowest BCUT2D eigenvalue weighted by Gasteiger charge is -2.27. The highest BCUT2D eigenvalue weighted by Crippen LogP contribution is 2.40. The number of hydrogen-bond acceptors (Lipinski definition) is 4. The van der Waals surface area contributed by atoms with Crippen molar-refractivity contribution in [3.63, 3.8) is 0 Å². The van der Waals surface area contributed by atoms with E-state index in [2.05, 4.69) is 0 Å². The first-order chi connectivity index (χ1) is 7.75. The maximum atomic E-state index is 12.1. The summed E-state index contributed by atoms with van der Waals surface area (Å²) in [5, 5.41) is 17.8. The first kappa shape index (κ1) is 13.6. The number of hydrogen-bond donors (Lipinski definition) is 2. The summed E-state index contributed by atoms with van der Waals surface area (Å²) in [6.07, 6.45) is -0.00667. The molecule has 1 aliphatic heterocycles. The summed E-state index contributed by atoms with van der Waals surface area (Å²) < 4.78 is 0. The molecule has 2 amide bonds. The highest BCUT2D eigenvalue weighted by atomic mass is 16.4. The Kier molecular flexibility index (Phi) is 3.56. The van der Waals surface area contributed by atoms with Crippen molar-refractivity contribution >= 4 is 17.8 Å². The van der Waals surface area contributed by atoms with Crippen LogP contribution in [0.15, 0.2) is 0 Å². The van der Waals surface area contributed by atoms with Crippen LogP contribution in [-0.2, 0) is 14.4 Å². The fourth-order valence-corrected chi connectivity index (χ4v) is 1.90. The smallest absolute Gasteiger partial charge is 0.329 e. The lowest BCUT2D eigenvalue weighted by molar-refractivity contribution is -0.157. The summed E-state index contributed by atoms with van der Waals surface area (Å²) in [6.45, 7) is 4.50. The van der Waals surface area contributed by atoms with Crippen molar-refractivity contribution in [3.05, 3.63) is 0 Å². The number of rotatable bonds is 4. The van der Waals surface area contributed by atoms with Gasteiger partial charge >= 0.3 is 5.97 Å². The van der Waals surface area contributed by atoms with E-state index >= 15 is 0 Å². The summed E-state index contributed by atoms with van der Waals surface area (Å²) in [5.41, 5.74) is -0.875. The molecule has 1 aliphatic rings. The van der Waals surface area contributed by atoms with E-state index in [-0.39, 0.29) is 12.3 Å². The molecule has 0 aromatic rings. The van der Waals surface area contributed by atoms with E-state index in [9.17, 15) is 14.4 Å². The van der Waals surface area contributed by atoms with Crippen LogP contribution in [0, 0.1) is 11.3 Å². The molecule has 0 bridgehead atoms. The third kappa shape index (κ3) is 2.04. The minimum Gasteiger partial charge on any atom is -0.480 e. The van der Waals surface area contributed by atoms with Crippen LogP contribution in [0.5, 0.6) is 0 Å². The van der Waals surface area contributed by atoms with E-state index in [4.69, 9.17) is 10.2 Å². The van der Waals surface area contributed by atoms with Gasteiger partial charge in [0.15, 0.2) is 6.04 Å². The van der Waals surface area contributed by atoms with Crippen molar-refractivity contribution in [1.82, 2.24) is 4.90 Å². The molecule has 6 nitrogen and oxygen atoms in total. The lowest BCUT2D eigenvalue weighted by atomic mass is 9.78. The van der Waals surface area contributed by atoms with Gasteiger partial charge in [0.1, 0.15) is 0 Å². The van der Waals surface area contributed by atoms with Crippen molar-refractivity contribution in [2.24, 2.45) is 11.3 Å². The topological polar surface area (TPSA) is 94.9 Å². The summed E-state index contributed by atoms with van der Waals surface area (Å²) in [6, 6.07) is -1.48. The van der Waals surface area contributed by atoms with Crippen LogP contribution in [0.2, 0.25) is 0 Å². The fourth-order valence-electron chi connectivity index (χ4n) is 1.90. The van der Waals surface area contributed by atoms with Crippen LogP contribution >= 0.6 is 0 Å². The van der Waals surface area contributed by atoms with Crippen LogP contribution in [0.3, 0.4) is 0 Å². The Hall–Kier alpha value is -1.43. The minimum absolute atomic E-state index is 0.00667. The number of aliphatic hydroxyl groups excluding tert-OH is 1. The molecule has 0 radical (unpaired) electrons. The monoisotopic (exact) mass is 243 g/mol. The number of imide groups is 1. The lowest BCUT2D eigenvalue weighted by Crippen LogP contribution is -2.49. The second-order valence-electron chi connectivity index (χ2n) is 4.85. The number of carboxylic acids is 1. The number of amides is 2. The number of carbonyl (C=O) groups excluding carboxylic acids is 2. The molecule has 1 heterocycles. The van der Waals surface area contributed by atoms with Crippen molar-refractivity contribution in [3.8, 4) is 0 Å². The maximum absolute atomic E-state index is 12.1. The largest absolute Gasteiger partial charge is 0.480 e. The van der Waals surface area contributed by atoms with Gasteiger partial charge in [0.2, 0.25) is 11.8 Å². The molecule has 6 heteroatoms. The predicted molar refractivity (Wildman–Crippen MR) is 57.9 cm³/mol. The normalized spacial score (nSPS) is 26.8. The third-order valence-electron chi connectivity index (χ3n) is 3.54. The van der Waals surface area contributed by atoms with Crippen LogP contribution in [0.25, 0.3) is 0 Å². The summed E-state index contributed by atoms with van der Waals surface area (Å²) in [4.78, 5) is 35.4. The van der Waals surface area contributed by atoms with Crippen molar-refractivity contribution in [2.45, 2.75) is 33.2 Å². The molecule has 17 heavy (non-hydrogen) atoms. The number of carboxylic acid groups (broad SMARTS) is 1. The Morgan fingerprint density at radius 1 is 1.47 bits per heavy atom. The molecule has 0 aromatic heterocycles. The van der Waals surface area contributed by atoms with Crippen LogP contribution < -0.4 is 0 Å². The SMILES string of the molecule is CC(C)C1(C)CC(=O)N(C(CO)C(=O)O)C1=O. The second kappa shape index (κ2) is 4.44. The van der Waals surface area contributed by atoms with Gasteiger partial charge in [-0.3, -0.25) is 14.5 Å². The van der Waals surface area contributed by atoms with Gasteiger partial charge in [-0.05, 0) is 12.8 Å². The molecule has 1 saturated heterocycles. The number of likely N-dealkylation sites (tertiary alicyclic amines) is 1. The Bertz CT molecular complexity index is 365. The van der Waals surface area contributed by atoms with E-state index in [1.54, 1.807) is 6.92 Å². The van der Waals surface area contributed by atoms with Crippen molar-refractivity contribution < 1.29 is 24.6 Å². The quantitative estimate of drug-likeness (QED) is 0.670. The van der Waals surface area contributed by atoms with Gasteiger partial charge in [0.05, 0.1) is 12.0 Å². The van der Waals surface area contributed by atoms with E-state index < -0.39 is 35.8 Å². The van der Waals surface area contributed by atoms with Gasteiger partial charge in [-0.1, -0.05) is 13.8 Å². The molecule has 1 rings (SSSR count). The molecule has 2 N–H and O–H groups in total. The Morgan fingerprint density at radius 2 is 2.00 bits per heavy atom. The van der Waals surface area contributed by atoms with Gasteiger partial charge in [-0.2, -0.15) is 0 Å². The average Bonchev–Trinajstić information content (AvgIpc) is 2.43. The Morgan fingerprint density at radius 3 is 2.29 bits per heavy atom. The summed E-state index contributed by atoms with van der Waals surface area (Å²) >= 11 is 0. The second-order valence-corrected chi connectivity index (χ2v) is 4.85. The number of aliphatic hydroxyl groups is 1. The molecule has 96 valence electrons. The van der Waals surface area contributed by atoms with E-state index in [0.717, 1.165) is 0 Å². The fraction of sp³-hybridized carbons (Fsp3) is 0.727. The zero-order valence-corrected chi connectivity index (χ0v) is 10.1. The van der Waals surface area contributed by atoms with Crippen LogP contribution in [-0.4, -0.2) is 45.5 Å². The van der Waals surface area contributed by atoms with Gasteiger partial charge in [-0.25, -0.2) is 4.79 Å².